The highest BCUT2D eigenvalue weighted by Crippen LogP contribution is 2.31. The van der Waals surface area contributed by atoms with Crippen molar-refractivity contribution in [2.75, 3.05) is 26.3 Å². The Hall–Kier alpha value is -0.120. The maximum absolute atomic E-state index is 5.74. The Bertz CT molecular complexity index is 160. The van der Waals surface area contributed by atoms with Gasteiger partial charge in [0, 0.05) is 12.5 Å². The van der Waals surface area contributed by atoms with Crippen LogP contribution in [0, 0.1) is 5.92 Å². The van der Waals surface area contributed by atoms with Crippen LogP contribution in [0.3, 0.4) is 0 Å². The van der Waals surface area contributed by atoms with Crippen molar-refractivity contribution >= 4 is 0 Å². The van der Waals surface area contributed by atoms with Crippen LogP contribution in [-0.4, -0.2) is 32.1 Å². The normalized spacial score (nSPS) is 34.4. The first-order chi connectivity index (χ1) is 6.31. The summed E-state index contributed by atoms with van der Waals surface area (Å²) in [5, 5.41) is 3.40. The largest absolute Gasteiger partial charge is 0.350 e. The molecule has 2 fully saturated rings. The fourth-order valence-electron chi connectivity index (χ4n) is 2.19. The van der Waals surface area contributed by atoms with Crippen LogP contribution in [0.2, 0.25) is 0 Å². The molecule has 0 aromatic carbocycles. The van der Waals surface area contributed by atoms with Crippen molar-refractivity contribution in [2.45, 2.75) is 32.0 Å². The minimum absolute atomic E-state index is 0.314. The molecule has 2 aliphatic heterocycles. The van der Waals surface area contributed by atoms with Gasteiger partial charge in [-0.2, -0.15) is 0 Å². The molecule has 13 heavy (non-hydrogen) atoms. The molecule has 2 saturated heterocycles. The third-order valence-electron chi connectivity index (χ3n) is 3.10. The molecular formula is C10H19NO2. The Morgan fingerprint density at radius 1 is 1.23 bits per heavy atom. The Kier molecular flexibility index (Phi) is 2.86. The van der Waals surface area contributed by atoms with Crippen LogP contribution in [0.1, 0.15) is 26.2 Å². The molecule has 1 N–H and O–H groups in total. The lowest BCUT2D eigenvalue weighted by molar-refractivity contribution is -0.284. The molecular weight excluding hydrogens is 166 g/mol. The fourth-order valence-corrected chi connectivity index (χ4v) is 2.19. The van der Waals surface area contributed by atoms with E-state index >= 15 is 0 Å². The molecule has 3 heteroatoms. The second-order valence-corrected chi connectivity index (χ2v) is 4.11. The third kappa shape index (κ3) is 2.03. The summed E-state index contributed by atoms with van der Waals surface area (Å²) in [6, 6.07) is 0. The first-order valence-corrected chi connectivity index (χ1v) is 5.30. The molecule has 0 aromatic heterocycles. The van der Waals surface area contributed by atoms with Crippen molar-refractivity contribution in [1.82, 2.24) is 5.32 Å². The van der Waals surface area contributed by atoms with E-state index in [-0.39, 0.29) is 5.79 Å². The monoisotopic (exact) mass is 185 g/mol. The van der Waals surface area contributed by atoms with Crippen LogP contribution in [0.25, 0.3) is 0 Å². The van der Waals surface area contributed by atoms with E-state index in [1.807, 2.05) is 0 Å². The SMILES string of the molecule is CC1(C2CCCNC2)OCCCO1. The average Bonchev–Trinajstić information content (AvgIpc) is 2.20. The highest BCUT2D eigenvalue weighted by molar-refractivity contribution is 4.82. The molecule has 2 heterocycles. The number of ether oxygens (including phenoxy) is 2. The minimum Gasteiger partial charge on any atom is -0.350 e. The first-order valence-electron chi connectivity index (χ1n) is 5.30. The van der Waals surface area contributed by atoms with Crippen LogP contribution in [0.4, 0.5) is 0 Å². The summed E-state index contributed by atoms with van der Waals surface area (Å²) in [6.07, 6.45) is 3.51. The van der Waals surface area contributed by atoms with Gasteiger partial charge in [-0.25, -0.2) is 0 Å². The lowest BCUT2D eigenvalue weighted by Crippen LogP contribution is -2.50. The van der Waals surface area contributed by atoms with Crippen molar-refractivity contribution in [1.29, 1.82) is 0 Å². The lowest BCUT2D eigenvalue weighted by Gasteiger charge is -2.42. The van der Waals surface area contributed by atoms with E-state index in [2.05, 4.69) is 12.2 Å². The lowest BCUT2D eigenvalue weighted by atomic mass is 9.91. The van der Waals surface area contributed by atoms with E-state index < -0.39 is 0 Å². The number of hydrogen-bond acceptors (Lipinski definition) is 3. The fraction of sp³-hybridized carbons (Fsp3) is 1.00. The summed E-state index contributed by atoms with van der Waals surface area (Å²) in [4.78, 5) is 0. The van der Waals surface area contributed by atoms with Crippen molar-refractivity contribution in [2.24, 2.45) is 5.92 Å². The molecule has 0 amide bonds. The van der Waals surface area contributed by atoms with Gasteiger partial charge in [0.15, 0.2) is 5.79 Å². The second kappa shape index (κ2) is 3.95. The molecule has 0 bridgehead atoms. The summed E-state index contributed by atoms with van der Waals surface area (Å²) in [5.74, 6) is 0.215. The zero-order valence-corrected chi connectivity index (χ0v) is 8.34. The number of piperidine rings is 1. The number of hydrogen-bond donors (Lipinski definition) is 1. The zero-order chi connectivity index (χ0) is 9.15. The highest BCUT2D eigenvalue weighted by atomic mass is 16.7. The molecule has 0 radical (unpaired) electrons. The molecule has 0 aliphatic carbocycles. The molecule has 2 rings (SSSR count). The van der Waals surface area contributed by atoms with Gasteiger partial charge >= 0.3 is 0 Å². The van der Waals surface area contributed by atoms with Gasteiger partial charge < -0.3 is 14.8 Å². The summed E-state index contributed by atoms with van der Waals surface area (Å²) >= 11 is 0. The summed E-state index contributed by atoms with van der Waals surface area (Å²) < 4.78 is 11.5. The van der Waals surface area contributed by atoms with E-state index in [0.717, 1.165) is 32.7 Å². The van der Waals surface area contributed by atoms with Gasteiger partial charge in [0.1, 0.15) is 0 Å². The molecule has 1 unspecified atom stereocenters. The maximum atomic E-state index is 5.74. The van der Waals surface area contributed by atoms with E-state index in [0.29, 0.717) is 5.92 Å². The summed E-state index contributed by atoms with van der Waals surface area (Å²) in [7, 11) is 0. The van der Waals surface area contributed by atoms with Gasteiger partial charge in [-0.15, -0.1) is 0 Å². The zero-order valence-electron chi connectivity index (χ0n) is 8.34. The van der Waals surface area contributed by atoms with Crippen molar-refractivity contribution in [3.05, 3.63) is 0 Å². The quantitative estimate of drug-likeness (QED) is 0.664. The Morgan fingerprint density at radius 2 is 2.00 bits per heavy atom. The molecule has 0 spiro atoms. The third-order valence-corrected chi connectivity index (χ3v) is 3.10. The molecule has 2 aliphatic rings. The van der Waals surface area contributed by atoms with E-state index in [9.17, 15) is 0 Å². The van der Waals surface area contributed by atoms with Gasteiger partial charge in [0.05, 0.1) is 13.2 Å². The summed E-state index contributed by atoms with van der Waals surface area (Å²) in [5.41, 5.74) is 0. The van der Waals surface area contributed by atoms with Crippen LogP contribution in [-0.2, 0) is 9.47 Å². The molecule has 3 nitrogen and oxygen atoms in total. The van der Waals surface area contributed by atoms with Gasteiger partial charge in [-0.1, -0.05) is 0 Å². The van der Waals surface area contributed by atoms with Crippen molar-refractivity contribution in [3.8, 4) is 0 Å². The summed E-state index contributed by atoms with van der Waals surface area (Å²) in [6.45, 7) is 5.98. The molecule has 1 atom stereocenters. The van der Waals surface area contributed by atoms with Gasteiger partial charge in [0.25, 0.3) is 0 Å². The second-order valence-electron chi connectivity index (χ2n) is 4.11. The topological polar surface area (TPSA) is 30.5 Å². The van der Waals surface area contributed by atoms with E-state index in [1.54, 1.807) is 0 Å². The maximum Gasteiger partial charge on any atom is 0.169 e. The van der Waals surface area contributed by atoms with Crippen molar-refractivity contribution in [3.63, 3.8) is 0 Å². The van der Waals surface area contributed by atoms with Crippen LogP contribution in [0.5, 0.6) is 0 Å². The Morgan fingerprint density at radius 3 is 2.62 bits per heavy atom. The minimum atomic E-state index is -0.314. The standard InChI is InChI=1S/C10H19NO2/c1-10(12-6-3-7-13-10)9-4-2-5-11-8-9/h9,11H,2-8H2,1H3. The van der Waals surface area contributed by atoms with Crippen LogP contribution in [0.15, 0.2) is 0 Å². The van der Waals surface area contributed by atoms with Gasteiger partial charge in [0.2, 0.25) is 0 Å². The van der Waals surface area contributed by atoms with Crippen molar-refractivity contribution < 1.29 is 9.47 Å². The molecule has 76 valence electrons. The van der Waals surface area contributed by atoms with E-state index in [4.69, 9.17) is 9.47 Å². The smallest absolute Gasteiger partial charge is 0.169 e. The van der Waals surface area contributed by atoms with Gasteiger partial charge in [-0.05, 0) is 32.7 Å². The molecule has 0 saturated carbocycles. The Labute approximate surface area is 79.8 Å². The highest BCUT2D eigenvalue weighted by Gasteiger charge is 2.38. The predicted molar refractivity (Wildman–Crippen MR) is 50.5 cm³/mol. The van der Waals surface area contributed by atoms with Gasteiger partial charge in [-0.3, -0.25) is 0 Å². The predicted octanol–water partition coefficient (Wildman–Crippen LogP) is 1.14. The number of rotatable bonds is 1. The van der Waals surface area contributed by atoms with Crippen LogP contribution < -0.4 is 5.32 Å². The Balaban J connectivity index is 1.94. The van der Waals surface area contributed by atoms with Crippen LogP contribution >= 0.6 is 0 Å². The number of nitrogens with one attached hydrogen (secondary N) is 1. The molecule has 0 aromatic rings. The average molecular weight is 185 g/mol. The first kappa shape index (κ1) is 9.44. The van der Waals surface area contributed by atoms with E-state index in [1.165, 1.54) is 12.8 Å².